The van der Waals surface area contributed by atoms with Gasteiger partial charge in [0.25, 0.3) is 10.9 Å². The van der Waals surface area contributed by atoms with Gasteiger partial charge in [0.1, 0.15) is 10.8 Å². The number of amides is 1. The van der Waals surface area contributed by atoms with E-state index >= 15 is 4.39 Å². The zero-order valence-corrected chi connectivity index (χ0v) is 22.3. The van der Waals surface area contributed by atoms with Crippen LogP contribution in [0.3, 0.4) is 0 Å². The number of ether oxygens (including phenoxy) is 1. The van der Waals surface area contributed by atoms with Crippen molar-refractivity contribution in [1.29, 1.82) is 0 Å². The molecule has 6 nitrogen and oxygen atoms in total. The molecule has 3 aromatic rings. The molecule has 1 fully saturated rings. The molecule has 180 valence electrons. The summed E-state index contributed by atoms with van der Waals surface area (Å²) in [6.07, 6.45) is 1.97. The van der Waals surface area contributed by atoms with Crippen molar-refractivity contribution in [1.82, 2.24) is 9.88 Å². The lowest BCUT2D eigenvalue weighted by molar-refractivity contribution is 0.0666. The van der Waals surface area contributed by atoms with Gasteiger partial charge in [0.05, 0.1) is 24.4 Å². The van der Waals surface area contributed by atoms with Gasteiger partial charge in [-0.3, -0.25) is 4.79 Å². The summed E-state index contributed by atoms with van der Waals surface area (Å²) in [7, 11) is -2.59. The fourth-order valence-corrected chi connectivity index (χ4v) is 7.04. The molecule has 4 rings (SSSR count). The molecule has 34 heavy (non-hydrogen) atoms. The highest BCUT2D eigenvalue weighted by molar-refractivity contribution is 9.10. The number of carbonyl (C=O) groups is 1. The maximum atomic E-state index is 16.2. The maximum absolute atomic E-state index is 16.2. The van der Waals surface area contributed by atoms with E-state index < -0.39 is 33.0 Å². The minimum absolute atomic E-state index is 0.107. The molecule has 0 saturated carbocycles. The molecule has 2 aromatic carbocycles. The molecule has 11 heteroatoms. The van der Waals surface area contributed by atoms with Crippen molar-refractivity contribution in [2.45, 2.75) is 18.3 Å². The van der Waals surface area contributed by atoms with Crippen LogP contribution >= 0.6 is 38.9 Å². The smallest absolute Gasteiger partial charge is 0.278 e. The first-order chi connectivity index (χ1) is 16.0. The Kier molecular flexibility index (Phi) is 7.06. The van der Waals surface area contributed by atoms with E-state index in [1.54, 1.807) is 19.2 Å². The van der Waals surface area contributed by atoms with Crippen LogP contribution < -0.4 is 4.74 Å². The second-order valence-corrected chi connectivity index (χ2v) is 12.7. The van der Waals surface area contributed by atoms with Crippen LogP contribution in [0.2, 0.25) is 5.02 Å². The zero-order valence-electron chi connectivity index (χ0n) is 18.3. The van der Waals surface area contributed by atoms with Gasteiger partial charge in [-0.15, -0.1) is 11.3 Å². The monoisotopic (exact) mass is 586 g/mol. The number of sulfone groups is 1. The SMILES string of the molecule is COc1ccc(Cc2cnc([C@]3(F)CN(C(=O)c4ccc(Br)c(Cl)c4)CCS3(=O)=O)s2)c(C)c1. The van der Waals surface area contributed by atoms with Gasteiger partial charge in [0.15, 0.2) is 9.84 Å². The Balaban J connectivity index is 1.60. The van der Waals surface area contributed by atoms with Crippen LogP contribution in [0, 0.1) is 6.92 Å². The lowest BCUT2D eigenvalue weighted by Gasteiger charge is -2.35. The van der Waals surface area contributed by atoms with Crippen molar-refractivity contribution in [2.75, 3.05) is 26.0 Å². The minimum Gasteiger partial charge on any atom is -0.497 e. The van der Waals surface area contributed by atoms with Crippen LogP contribution in [0.5, 0.6) is 5.75 Å². The molecule has 2 heterocycles. The van der Waals surface area contributed by atoms with Crippen LogP contribution in [0.15, 0.2) is 47.1 Å². The third-order valence-electron chi connectivity index (χ3n) is 5.76. The summed E-state index contributed by atoms with van der Waals surface area (Å²) in [5, 5.41) is -2.61. The molecule has 0 unspecified atom stereocenters. The topological polar surface area (TPSA) is 76.6 Å². The van der Waals surface area contributed by atoms with Crippen LogP contribution in [-0.2, 0) is 21.3 Å². The molecule has 1 aromatic heterocycles. The van der Waals surface area contributed by atoms with E-state index in [1.165, 1.54) is 17.2 Å². The average Bonchev–Trinajstić information content (AvgIpc) is 3.27. The number of halogens is 3. The summed E-state index contributed by atoms with van der Waals surface area (Å²) >= 11 is 10.4. The van der Waals surface area contributed by atoms with Crippen molar-refractivity contribution in [2.24, 2.45) is 0 Å². The van der Waals surface area contributed by atoms with Gasteiger partial charge in [0.2, 0.25) is 0 Å². The molecule has 1 aliphatic heterocycles. The maximum Gasteiger partial charge on any atom is 0.278 e. The standard InChI is InChI=1S/C23H21BrClFN2O4S2/c1-14-9-17(32-2)5-3-15(14)10-18-12-27-22(33-18)23(26)13-28(7-8-34(23,30)31)21(29)16-4-6-19(24)20(25)11-16/h3-6,9,11-12H,7-8,10,13H2,1-2H3/t23-/m0/s1. The number of hydrogen-bond acceptors (Lipinski definition) is 6. The number of nitrogens with zero attached hydrogens (tertiary/aromatic N) is 2. The van der Waals surface area contributed by atoms with Gasteiger partial charge in [-0.05, 0) is 64.3 Å². The number of benzene rings is 2. The number of alkyl halides is 1. The zero-order chi connectivity index (χ0) is 24.7. The fourth-order valence-electron chi connectivity index (χ4n) is 3.74. The summed E-state index contributed by atoms with van der Waals surface area (Å²) in [5.74, 6) is -0.248. The van der Waals surface area contributed by atoms with E-state index in [1.807, 2.05) is 25.1 Å². The predicted molar refractivity (Wildman–Crippen MR) is 134 cm³/mol. The normalized spacial score (nSPS) is 19.7. The summed E-state index contributed by atoms with van der Waals surface area (Å²) in [4.78, 5) is 19.1. The molecule has 0 N–H and O–H groups in total. The molecule has 1 saturated heterocycles. The van der Waals surface area contributed by atoms with Crippen LogP contribution in [0.25, 0.3) is 0 Å². The summed E-state index contributed by atoms with van der Waals surface area (Å²) in [5.41, 5.74) is 2.25. The Hall–Kier alpha value is -2.01. The van der Waals surface area contributed by atoms with Gasteiger partial charge in [0, 0.05) is 34.1 Å². The second kappa shape index (κ2) is 9.56. The largest absolute Gasteiger partial charge is 0.497 e. The Morgan fingerprint density at radius 3 is 2.76 bits per heavy atom. The van der Waals surface area contributed by atoms with Crippen molar-refractivity contribution in [3.05, 3.63) is 78.7 Å². The molecule has 1 aliphatic rings. The molecule has 0 radical (unpaired) electrons. The Morgan fingerprint density at radius 1 is 1.32 bits per heavy atom. The summed E-state index contributed by atoms with van der Waals surface area (Å²) in [6.45, 7) is 1.21. The first kappa shape index (κ1) is 25.1. The first-order valence-corrected chi connectivity index (χ1v) is 13.9. The van der Waals surface area contributed by atoms with Gasteiger partial charge in [-0.25, -0.2) is 17.8 Å². The van der Waals surface area contributed by atoms with E-state index in [9.17, 15) is 13.2 Å². The quantitative estimate of drug-likeness (QED) is 0.412. The van der Waals surface area contributed by atoms with E-state index in [-0.39, 0.29) is 17.1 Å². The van der Waals surface area contributed by atoms with E-state index in [0.29, 0.717) is 15.9 Å². The summed E-state index contributed by atoms with van der Waals surface area (Å²) in [6, 6.07) is 10.3. The molecular weight excluding hydrogens is 567 g/mol. The number of carbonyl (C=O) groups excluding carboxylic acids is 1. The average molecular weight is 588 g/mol. The third-order valence-corrected chi connectivity index (χ3v) is 10.3. The van der Waals surface area contributed by atoms with Gasteiger partial charge in [-0.1, -0.05) is 17.7 Å². The molecule has 0 spiro atoms. The van der Waals surface area contributed by atoms with Crippen molar-refractivity contribution >= 4 is 54.6 Å². The Bertz CT molecular complexity index is 1360. The van der Waals surface area contributed by atoms with Gasteiger partial charge >= 0.3 is 0 Å². The first-order valence-electron chi connectivity index (χ1n) is 10.3. The van der Waals surface area contributed by atoms with Gasteiger partial charge in [-0.2, -0.15) is 0 Å². The number of aromatic nitrogens is 1. The summed E-state index contributed by atoms with van der Waals surface area (Å²) < 4.78 is 47.7. The number of methoxy groups -OCH3 is 1. The van der Waals surface area contributed by atoms with E-state index in [2.05, 4.69) is 20.9 Å². The minimum atomic E-state index is -4.18. The molecule has 1 atom stereocenters. The van der Waals surface area contributed by atoms with E-state index in [4.69, 9.17) is 16.3 Å². The van der Waals surface area contributed by atoms with Crippen LogP contribution in [-0.4, -0.2) is 50.2 Å². The number of thiazole rings is 1. The number of aryl methyl sites for hydroxylation is 1. The van der Waals surface area contributed by atoms with Gasteiger partial charge < -0.3 is 9.64 Å². The third kappa shape index (κ3) is 4.73. The van der Waals surface area contributed by atoms with Crippen LogP contribution in [0.1, 0.15) is 31.4 Å². The predicted octanol–water partition coefficient (Wildman–Crippen LogP) is 5.16. The molecule has 0 bridgehead atoms. The lowest BCUT2D eigenvalue weighted by atomic mass is 10.1. The molecule has 1 amide bonds. The van der Waals surface area contributed by atoms with Crippen molar-refractivity contribution in [3.63, 3.8) is 0 Å². The second-order valence-electron chi connectivity index (χ2n) is 8.00. The fraction of sp³-hybridized carbons (Fsp3) is 0.304. The highest BCUT2D eigenvalue weighted by Crippen LogP contribution is 2.40. The number of hydrogen-bond donors (Lipinski definition) is 0. The Labute approximate surface area is 214 Å². The van der Waals surface area contributed by atoms with Crippen molar-refractivity contribution < 1.29 is 22.3 Å². The molecular formula is C23H21BrClFN2O4S2. The highest BCUT2D eigenvalue weighted by Gasteiger charge is 2.53. The highest BCUT2D eigenvalue weighted by atomic mass is 79.9. The van der Waals surface area contributed by atoms with Crippen LogP contribution in [0.4, 0.5) is 4.39 Å². The van der Waals surface area contributed by atoms with E-state index in [0.717, 1.165) is 33.1 Å². The number of rotatable bonds is 5. The van der Waals surface area contributed by atoms with Crippen molar-refractivity contribution in [3.8, 4) is 5.75 Å². The lowest BCUT2D eigenvalue weighted by Crippen LogP contribution is -2.53. The Morgan fingerprint density at radius 2 is 2.09 bits per heavy atom. The molecule has 0 aliphatic carbocycles.